The van der Waals surface area contributed by atoms with E-state index in [-0.39, 0.29) is 23.0 Å². The Labute approximate surface area is 386 Å². The van der Waals surface area contributed by atoms with E-state index in [1.807, 2.05) is 0 Å². The number of anilines is 3. The van der Waals surface area contributed by atoms with Gasteiger partial charge < -0.3 is 9.47 Å². The van der Waals surface area contributed by atoms with Crippen molar-refractivity contribution in [2.75, 3.05) is 4.90 Å². The zero-order valence-electron chi connectivity index (χ0n) is 38.2. The zero-order valence-corrected chi connectivity index (χ0v) is 38.2. The lowest BCUT2D eigenvalue weighted by molar-refractivity contribution is 0.660. The van der Waals surface area contributed by atoms with E-state index in [0.29, 0.717) is 0 Å². The lowest BCUT2D eigenvalue weighted by Crippen LogP contribution is -2.55. The molecule has 0 radical (unpaired) electrons. The predicted molar refractivity (Wildman–Crippen MR) is 278 cm³/mol. The van der Waals surface area contributed by atoms with Crippen LogP contribution in [0.5, 0.6) is 0 Å². The molecule has 3 heteroatoms. The molecule has 9 aromatic carbocycles. The highest BCUT2D eigenvalue weighted by Gasteiger charge is 2.48. The average Bonchev–Trinajstić information content (AvgIpc) is 4.05. The summed E-state index contributed by atoms with van der Waals surface area (Å²) in [6, 6.07) is 68.0. The van der Waals surface area contributed by atoms with Crippen molar-refractivity contribution in [1.29, 1.82) is 0 Å². The Morgan fingerprint density at radius 1 is 0.333 bits per heavy atom. The molecule has 0 amide bonds. The minimum Gasteiger partial charge on any atom is -0.311 e. The molecule has 0 fully saturated rings. The summed E-state index contributed by atoms with van der Waals surface area (Å²) in [6.07, 6.45) is 0. The summed E-state index contributed by atoms with van der Waals surface area (Å²) in [5.41, 5.74) is 30.4. The van der Waals surface area contributed by atoms with Crippen molar-refractivity contribution >= 4 is 62.0 Å². The van der Waals surface area contributed by atoms with Crippen LogP contribution in [0.25, 0.3) is 72.0 Å². The molecule has 0 saturated carbocycles. The average molecular weight is 843 g/mol. The Balaban J connectivity index is 1.08. The first kappa shape index (κ1) is 36.9. The summed E-state index contributed by atoms with van der Waals surface area (Å²) in [5, 5.41) is 2.55. The molecule has 10 aromatic rings. The first-order chi connectivity index (χ1) is 32.0. The van der Waals surface area contributed by atoms with Crippen LogP contribution in [0.15, 0.2) is 176 Å². The van der Waals surface area contributed by atoms with Crippen molar-refractivity contribution in [2.45, 2.75) is 57.8 Å². The maximum absolute atomic E-state index is 2.67. The van der Waals surface area contributed by atoms with E-state index in [1.54, 1.807) is 0 Å². The smallest absolute Gasteiger partial charge is 0.248 e. The summed E-state index contributed by atoms with van der Waals surface area (Å²) >= 11 is 0. The Kier molecular flexibility index (Phi) is 6.77. The fraction of sp³-hybridized carbons (Fsp3) is 0.143. The van der Waals surface area contributed by atoms with Crippen LogP contribution in [0.2, 0.25) is 0 Å². The van der Waals surface area contributed by atoms with Gasteiger partial charge in [-0.25, -0.2) is 0 Å². The molecule has 0 saturated heterocycles. The maximum atomic E-state index is 2.67. The number of para-hydroxylation sites is 2. The molecular formula is C63H47BN2. The molecule has 2 aliphatic heterocycles. The Hall–Kier alpha value is -7.36. The zero-order chi connectivity index (χ0) is 44.2. The molecule has 0 N–H and O–H groups in total. The molecule has 0 bridgehead atoms. The van der Waals surface area contributed by atoms with Crippen LogP contribution in [0, 0.1) is 0 Å². The predicted octanol–water partition coefficient (Wildman–Crippen LogP) is 14.0. The minimum absolute atomic E-state index is 0.0564. The van der Waals surface area contributed by atoms with Crippen LogP contribution in [0.1, 0.15) is 74.9 Å². The van der Waals surface area contributed by atoms with Gasteiger partial charge >= 0.3 is 0 Å². The number of hydrogen-bond acceptors (Lipinski definition) is 1. The van der Waals surface area contributed by atoms with Gasteiger partial charge in [-0.05, 0) is 131 Å². The lowest BCUT2D eigenvalue weighted by atomic mass is 9.36. The van der Waals surface area contributed by atoms with Crippen molar-refractivity contribution in [2.24, 2.45) is 0 Å². The second-order valence-electron chi connectivity index (χ2n) is 21.2. The highest BCUT2D eigenvalue weighted by Crippen LogP contribution is 2.56. The molecule has 5 aliphatic rings. The van der Waals surface area contributed by atoms with E-state index in [1.165, 1.54) is 139 Å². The van der Waals surface area contributed by atoms with Crippen LogP contribution >= 0.6 is 0 Å². The highest BCUT2D eigenvalue weighted by atomic mass is 15.2. The first-order valence-electron chi connectivity index (χ1n) is 23.8. The lowest BCUT2D eigenvalue weighted by Gasteiger charge is -2.38. The molecule has 3 aliphatic carbocycles. The highest BCUT2D eigenvalue weighted by molar-refractivity contribution is 7.01. The number of hydrogen-bond donors (Lipinski definition) is 0. The van der Waals surface area contributed by atoms with Gasteiger partial charge in [0.05, 0.1) is 11.0 Å². The number of fused-ring (bicyclic) bond motifs is 17. The third-order valence-corrected chi connectivity index (χ3v) is 17.0. The maximum Gasteiger partial charge on any atom is 0.248 e. The SMILES string of the molecule is CC1(C)c2ccccc2-c2ccc(N3c4cc5c(cc4B4c6cc7c(cc6-c6cc(-n8c9ccccc9c9ccccc98)cc3c64)C(C)(C)c3ccccc3-7)-c3ccccc3C5(C)C)cc21. The van der Waals surface area contributed by atoms with Crippen LogP contribution in [0.4, 0.5) is 17.1 Å². The van der Waals surface area contributed by atoms with Gasteiger partial charge in [0.1, 0.15) is 0 Å². The summed E-state index contributed by atoms with van der Waals surface area (Å²) in [6.45, 7) is 14.6. The number of nitrogens with zero attached hydrogens (tertiary/aromatic N) is 2. The molecule has 0 spiro atoms. The van der Waals surface area contributed by atoms with E-state index >= 15 is 0 Å². The van der Waals surface area contributed by atoms with Crippen molar-refractivity contribution in [3.63, 3.8) is 0 Å². The summed E-state index contributed by atoms with van der Waals surface area (Å²) in [4.78, 5) is 2.67. The number of aromatic nitrogens is 1. The standard InChI is InChI=1S/C63H47BN2/c1-61(2)48-22-12-7-17-38(48)41-28-27-36(30-51(41)61)65-58-35-53-45(40-19-9-14-24-50(40)63(53,5)6)34-55(58)64-54-33-44-39-18-8-13-23-49(39)62(3,4)52(44)32-46(54)47-29-37(31-59(65)60(47)64)66-56-25-15-10-20-42(56)43-21-11-16-26-57(43)66/h7-35H,1-6H3. The number of rotatable bonds is 2. The normalized spacial score (nSPS) is 16.3. The van der Waals surface area contributed by atoms with Gasteiger partial charge in [-0.15, -0.1) is 0 Å². The molecule has 3 heterocycles. The third kappa shape index (κ3) is 4.36. The quantitative estimate of drug-likeness (QED) is 0.157. The summed E-state index contributed by atoms with van der Waals surface area (Å²) < 4.78 is 2.53. The number of benzene rings is 9. The van der Waals surface area contributed by atoms with Gasteiger partial charge in [-0.1, -0.05) is 180 Å². The Morgan fingerprint density at radius 3 is 1.42 bits per heavy atom. The van der Waals surface area contributed by atoms with Crippen molar-refractivity contribution in [3.8, 4) is 50.2 Å². The molecule has 66 heavy (non-hydrogen) atoms. The molecule has 0 unspecified atom stereocenters. The van der Waals surface area contributed by atoms with E-state index in [4.69, 9.17) is 0 Å². The van der Waals surface area contributed by atoms with Gasteiger partial charge in [0, 0.05) is 49.8 Å². The van der Waals surface area contributed by atoms with Crippen molar-refractivity contribution in [3.05, 3.63) is 209 Å². The van der Waals surface area contributed by atoms with Crippen LogP contribution < -0.4 is 21.3 Å². The Bertz CT molecular complexity index is 3820. The monoisotopic (exact) mass is 842 g/mol. The fourth-order valence-electron chi connectivity index (χ4n) is 13.8. The van der Waals surface area contributed by atoms with E-state index < -0.39 is 0 Å². The van der Waals surface area contributed by atoms with Crippen LogP contribution in [0.3, 0.4) is 0 Å². The van der Waals surface area contributed by atoms with Gasteiger partial charge in [0.25, 0.3) is 0 Å². The topological polar surface area (TPSA) is 8.17 Å². The molecule has 15 rings (SSSR count). The fourth-order valence-corrected chi connectivity index (χ4v) is 13.8. The van der Waals surface area contributed by atoms with Crippen molar-refractivity contribution < 1.29 is 0 Å². The van der Waals surface area contributed by atoms with E-state index in [9.17, 15) is 0 Å². The van der Waals surface area contributed by atoms with Gasteiger partial charge in [0.2, 0.25) is 6.71 Å². The summed E-state index contributed by atoms with van der Waals surface area (Å²) in [7, 11) is 0. The van der Waals surface area contributed by atoms with Crippen molar-refractivity contribution in [1.82, 2.24) is 4.57 Å². The molecule has 1 aromatic heterocycles. The Morgan fingerprint density at radius 2 is 0.818 bits per heavy atom. The first-order valence-corrected chi connectivity index (χ1v) is 23.8. The van der Waals surface area contributed by atoms with E-state index in [0.717, 1.165) is 0 Å². The third-order valence-electron chi connectivity index (χ3n) is 17.0. The second-order valence-corrected chi connectivity index (χ2v) is 21.2. The minimum atomic E-state index is -0.159. The molecule has 312 valence electrons. The van der Waals surface area contributed by atoms with Gasteiger partial charge in [-0.2, -0.15) is 0 Å². The largest absolute Gasteiger partial charge is 0.311 e. The van der Waals surface area contributed by atoms with Crippen LogP contribution in [-0.2, 0) is 16.2 Å². The molecule has 0 atom stereocenters. The van der Waals surface area contributed by atoms with Crippen LogP contribution in [-0.4, -0.2) is 11.3 Å². The molecule has 2 nitrogen and oxygen atoms in total. The van der Waals surface area contributed by atoms with Gasteiger partial charge in [-0.3, -0.25) is 0 Å². The summed E-state index contributed by atoms with van der Waals surface area (Å²) in [5.74, 6) is 0. The van der Waals surface area contributed by atoms with Gasteiger partial charge in [0.15, 0.2) is 0 Å². The van der Waals surface area contributed by atoms with E-state index in [2.05, 4.69) is 227 Å². The second kappa shape index (κ2) is 12.1. The molecular weight excluding hydrogens is 796 g/mol.